The molecule has 1 heterocycles. The Morgan fingerprint density at radius 1 is 1.36 bits per heavy atom. The smallest absolute Gasteiger partial charge is 0.215 e. The molecule has 0 unspecified atom stereocenters. The number of anilines is 1. The van der Waals surface area contributed by atoms with Crippen LogP contribution >= 0.6 is 11.8 Å². The fourth-order valence-electron chi connectivity index (χ4n) is 2.38. The molecule has 0 aliphatic heterocycles. The van der Waals surface area contributed by atoms with Crippen molar-refractivity contribution in [3.05, 3.63) is 42.1 Å². The molecule has 0 bridgehead atoms. The fourth-order valence-corrected chi connectivity index (χ4v) is 4.26. The van der Waals surface area contributed by atoms with Crippen LogP contribution in [-0.2, 0) is 10.0 Å². The number of thioether (sulfide) groups is 1. The van der Waals surface area contributed by atoms with E-state index in [4.69, 9.17) is 5.73 Å². The molecule has 3 N–H and O–H groups in total. The second-order valence-electron chi connectivity index (χ2n) is 5.72. The molecule has 130 valence electrons. The van der Waals surface area contributed by atoms with Gasteiger partial charge in [-0.1, -0.05) is 30.0 Å². The molecule has 0 radical (unpaired) electrons. The molecule has 1 fully saturated rings. The third-order valence-corrected chi connectivity index (χ3v) is 6.58. The van der Waals surface area contributed by atoms with E-state index in [-0.39, 0.29) is 11.8 Å². The van der Waals surface area contributed by atoms with Crippen LogP contribution in [0.15, 0.2) is 41.4 Å². The molecular weight excluding hydrogens is 354 g/mol. The summed E-state index contributed by atoms with van der Waals surface area (Å²) in [4.78, 5) is 5.37. The number of hydrogen-bond acceptors (Lipinski definition) is 5. The summed E-state index contributed by atoms with van der Waals surface area (Å²) in [5, 5.41) is -0.243. The molecule has 0 spiro atoms. The van der Waals surface area contributed by atoms with Crippen molar-refractivity contribution in [1.82, 2.24) is 9.71 Å². The van der Waals surface area contributed by atoms with Gasteiger partial charge < -0.3 is 5.73 Å². The van der Waals surface area contributed by atoms with Crippen molar-refractivity contribution >= 4 is 27.6 Å². The number of nitrogen functional groups attached to an aromatic ring is 1. The molecule has 1 aromatic carbocycles. The number of benzene rings is 1. The van der Waals surface area contributed by atoms with Crippen molar-refractivity contribution in [3.8, 4) is 23.0 Å². The monoisotopic (exact) mass is 373 g/mol. The maximum absolute atomic E-state index is 11.8. The molecule has 7 heteroatoms. The lowest BCUT2D eigenvalue weighted by molar-refractivity contribution is 0.584. The summed E-state index contributed by atoms with van der Waals surface area (Å²) >= 11 is 1.66. The number of rotatable bonds is 5. The van der Waals surface area contributed by atoms with Crippen molar-refractivity contribution in [2.45, 2.75) is 23.0 Å². The van der Waals surface area contributed by atoms with Crippen molar-refractivity contribution in [1.29, 1.82) is 0 Å². The van der Waals surface area contributed by atoms with Gasteiger partial charge in [-0.15, -0.1) is 11.8 Å². The van der Waals surface area contributed by atoms with E-state index < -0.39 is 10.0 Å². The molecule has 1 saturated carbocycles. The Kier molecular flexibility index (Phi) is 5.33. The van der Waals surface area contributed by atoms with Gasteiger partial charge in [0, 0.05) is 16.7 Å². The van der Waals surface area contributed by atoms with Gasteiger partial charge in [-0.25, -0.2) is 18.1 Å². The van der Waals surface area contributed by atoms with E-state index in [1.54, 1.807) is 18.0 Å². The largest absolute Gasteiger partial charge is 0.383 e. The predicted octanol–water partition coefficient (Wildman–Crippen LogP) is 2.49. The lowest BCUT2D eigenvalue weighted by Crippen LogP contribution is -2.27. The highest BCUT2D eigenvalue weighted by molar-refractivity contribution is 7.98. The van der Waals surface area contributed by atoms with Crippen molar-refractivity contribution in [2.75, 3.05) is 18.5 Å². The summed E-state index contributed by atoms with van der Waals surface area (Å²) in [7, 11) is -3.21. The number of aromatic nitrogens is 1. The topological polar surface area (TPSA) is 85.1 Å². The summed E-state index contributed by atoms with van der Waals surface area (Å²) in [6.45, 7) is 0.0733. The SMILES string of the molecule is CSc1ccccc1-c1cnc(N)c(C#CCNS(=O)(=O)C2CC2)c1. The van der Waals surface area contributed by atoms with Crippen LogP contribution in [0.2, 0.25) is 0 Å². The maximum atomic E-state index is 11.8. The second kappa shape index (κ2) is 7.48. The zero-order chi connectivity index (χ0) is 17.9. The van der Waals surface area contributed by atoms with Crippen LogP contribution < -0.4 is 10.5 Å². The van der Waals surface area contributed by atoms with Crippen LogP contribution in [0.3, 0.4) is 0 Å². The highest BCUT2D eigenvalue weighted by atomic mass is 32.2. The molecule has 0 saturated heterocycles. The van der Waals surface area contributed by atoms with Crippen molar-refractivity contribution in [2.24, 2.45) is 0 Å². The molecule has 1 aliphatic carbocycles. The van der Waals surface area contributed by atoms with E-state index in [1.807, 2.05) is 36.6 Å². The molecule has 2 aromatic rings. The second-order valence-corrected chi connectivity index (χ2v) is 8.62. The zero-order valence-electron chi connectivity index (χ0n) is 13.8. The summed E-state index contributed by atoms with van der Waals surface area (Å²) in [5.41, 5.74) is 8.51. The van der Waals surface area contributed by atoms with Crippen LogP contribution in [0.4, 0.5) is 5.82 Å². The van der Waals surface area contributed by atoms with E-state index in [2.05, 4.69) is 21.5 Å². The summed E-state index contributed by atoms with van der Waals surface area (Å²) in [5.74, 6) is 6.08. The fraction of sp³-hybridized carbons (Fsp3) is 0.278. The first kappa shape index (κ1) is 17.8. The highest BCUT2D eigenvalue weighted by Crippen LogP contribution is 2.30. The molecule has 5 nitrogen and oxygen atoms in total. The zero-order valence-corrected chi connectivity index (χ0v) is 15.5. The summed E-state index contributed by atoms with van der Waals surface area (Å²) in [6, 6.07) is 9.93. The van der Waals surface area contributed by atoms with Crippen LogP contribution in [0.25, 0.3) is 11.1 Å². The van der Waals surface area contributed by atoms with Crippen LogP contribution in [0.5, 0.6) is 0 Å². The Morgan fingerprint density at radius 2 is 2.12 bits per heavy atom. The average molecular weight is 374 g/mol. The lowest BCUT2D eigenvalue weighted by Gasteiger charge is -2.08. The molecule has 0 atom stereocenters. The number of nitrogens with zero attached hydrogens (tertiary/aromatic N) is 1. The molecule has 3 rings (SSSR count). The molecule has 1 aromatic heterocycles. The molecule has 1 aliphatic rings. The van der Waals surface area contributed by atoms with Crippen molar-refractivity contribution < 1.29 is 8.42 Å². The van der Waals surface area contributed by atoms with Crippen LogP contribution in [0.1, 0.15) is 18.4 Å². The van der Waals surface area contributed by atoms with Crippen LogP contribution in [0, 0.1) is 11.8 Å². The van der Waals surface area contributed by atoms with E-state index in [0.29, 0.717) is 11.4 Å². The highest BCUT2D eigenvalue weighted by Gasteiger charge is 2.34. The number of sulfonamides is 1. The Balaban J connectivity index is 1.80. The average Bonchev–Trinajstić information content (AvgIpc) is 3.46. The van der Waals surface area contributed by atoms with Gasteiger partial charge in [-0.3, -0.25) is 0 Å². The third-order valence-electron chi connectivity index (χ3n) is 3.88. The number of hydrogen-bond donors (Lipinski definition) is 2. The quantitative estimate of drug-likeness (QED) is 0.621. The van der Waals surface area contributed by atoms with Gasteiger partial charge in [-0.2, -0.15) is 0 Å². The number of pyridine rings is 1. The van der Waals surface area contributed by atoms with E-state index in [9.17, 15) is 8.42 Å². The summed E-state index contributed by atoms with van der Waals surface area (Å²) < 4.78 is 26.0. The minimum absolute atomic E-state index is 0.0733. The molecule has 0 amide bonds. The Morgan fingerprint density at radius 3 is 2.84 bits per heavy atom. The van der Waals surface area contributed by atoms with Crippen molar-refractivity contribution in [3.63, 3.8) is 0 Å². The van der Waals surface area contributed by atoms with Gasteiger partial charge in [0.15, 0.2) is 0 Å². The minimum atomic E-state index is -3.21. The van der Waals surface area contributed by atoms with Gasteiger partial charge in [0.25, 0.3) is 0 Å². The maximum Gasteiger partial charge on any atom is 0.215 e. The summed E-state index contributed by atoms with van der Waals surface area (Å²) in [6.07, 6.45) is 5.22. The molecular formula is C18H19N3O2S2. The van der Waals surface area contributed by atoms with E-state index in [1.165, 1.54) is 0 Å². The number of nitrogens with one attached hydrogen (secondary N) is 1. The standard InChI is InChI=1S/C18H19N3O2S2/c1-24-17-7-3-2-6-16(17)14-11-13(18(19)20-12-14)5-4-10-21-25(22,23)15-8-9-15/h2-3,6-7,11-12,15,21H,8-10H2,1H3,(H2,19,20). The predicted molar refractivity (Wildman–Crippen MR) is 103 cm³/mol. The lowest BCUT2D eigenvalue weighted by atomic mass is 10.1. The Hall–Kier alpha value is -2.01. The molecule has 25 heavy (non-hydrogen) atoms. The van der Waals surface area contributed by atoms with Gasteiger partial charge in [-0.05, 0) is 36.8 Å². The first-order valence-electron chi connectivity index (χ1n) is 7.87. The van der Waals surface area contributed by atoms with Gasteiger partial charge in [0.1, 0.15) is 5.82 Å². The normalized spacial score (nSPS) is 14.0. The third kappa shape index (κ3) is 4.34. The first-order chi connectivity index (χ1) is 12.0. The Bertz CT molecular complexity index is 942. The van der Waals surface area contributed by atoms with Gasteiger partial charge in [0.05, 0.1) is 17.4 Å². The van der Waals surface area contributed by atoms with Gasteiger partial charge in [0.2, 0.25) is 10.0 Å². The number of nitrogens with two attached hydrogens (primary N) is 1. The van der Waals surface area contributed by atoms with Gasteiger partial charge >= 0.3 is 0 Å². The Labute approximate surface area is 152 Å². The van der Waals surface area contributed by atoms with E-state index >= 15 is 0 Å². The van der Waals surface area contributed by atoms with E-state index in [0.717, 1.165) is 28.9 Å². The first-order valence-corrected chi connectivity index (χ1v) is 10.6. The van der Waals surface area contributed by atoms with Crippen LogP contribution in [-0.4, -0.2) is 31.5 Å². The minimum Gasteiger partial charge on any atom is -0.383 e.